The molecule has 0 amide bonds. The lowest BCUT2D eigenvalue weighted by Crippen LogP contribution is -2.27. The van der Waals surface area contributed by atoms with Gasteiger partial charge in [-0.2, -0.15) is 0 Å². The first-order valence-corrected chi connectivity index (χ1v) is 9.15. The van der Waals surface area contributed by atoms with Crippen LogP contribution in [-0.4, -0.2) is 44.1 Å². The zero-order valence-electron chi connectivity index (χ0n) is 16.2. The van der Waals surface area contributed by atoms with Gasteiger partial charge in [0, 0.05) is 6.08 Å². The van der Waals surface area contributed by atoms with Gasteiger partial charge in [-0.05, 0) is 43.7 Å². The van der Waals surface area contributed by atoms with Gasteiger partial charge in [-0.25, -0.2) is 4.79 Å². The number of ether oxygens (including phenoxy) is 4. The number of hydrogen-bond acceptors (Lipinski definition) is 5. The molecular formula is C22H28O5. The Morgan fingerprint density at radius 1 is 0.926 bits per heavy atom. The Balaban J connectivity index is 1.66. The van der Waals surface area contributed by atoms with Crippen LogP contribution in [0, 0.1) is 0 Å². The number of esters is 1. The molecule has 146 valence electrons. The standard InChI is InChI=1S/C22H28O5/c1-5-22(23)27-18(4)15-25-16(2)13-24-17(3)14-26-21-11-10-19-8-6-7-9-20(19)12-21/h5-12,16-18H,1,13-15H2,2-4H3. The third-order valence-corrected chi connectivity index (χ3v) is 3.92. The number of carbonyl (C=O) groups excluding carboxylic acids is 1. The molecule has 27 heavy (non-hydrogen) atoms. The van der Waals surface area contributed by atoms with Crippen molar-refractivity contribution in [2.75, 3.05) is 19.8 Å². The molecule has 0 heterocycles. The fourth-order valence-electron chi connectivity index (χ4n) is 2.45. The van der Waals surface area contributed by atoms with E-state index in [0.29, 0.717) is 19.8 Å². The highest BCUT2D eigenvalue weighted by Crippen LogP contribution is 2.20. The van der Waals surface area contributed by atoms with E-state index in [-0.39, 0.29) is 18.3 Å². The lowest BCUT2D eigenvalue weighted by atomic mass is 10.1. The highest BCUT2D eigenvalue weighted by Gasteiger charge is 2.12. The fraction of sp³-hybridized carbons (Fsp3) is 0.409. The van der Waals surface area contributed by atoms with Crippen molar-refractivity contribution in [2.24, 2.45) is 0 Å². The number of benzene rings is 2. The molecule has 0 bridgehead atoms. The van der Waals surface area contributed by atoms with Gasteiger partial charge in [0.25, 0.3) is 0 Å². The van der Waals surface area contributed by atoms with Crippen LogP contribution in [0.4, 0.5) is 0 Å². The van der Waals surface area contributed by atoms with E-state index in [0.717, 1.165) is 17.2 Å². The average Bonchev–Trinajstić information content (AvgIpc) is 2.68. The number of fused-ring (bicyclic) bond motifs is 1. The highest BCUT2D eigenvalue weighted by atomic mass is 16.6. The second-order valence-electron chi connectivity index (χ2n) is 6.56. The van der Waals surface area contributed by atoms with Crippen LogP contribution in [0.5, 0.6) is 5.75 Å². The Labute approximate surface area is 160 Å². The smallest absolute Gasteiger partial charge is 0.330 e. The third kappa shape index (κ3) is 7.41. The summed E-state index contributed by atoms with van der Waals surface area (Å²) in [6, 6.07) is 14.2. The van der Waals surface area contributed by atoms with Gasteiger partial charge in [0.15, 0.2) is 0 Å². The van der Waals surface area contributed by atoms with Crippen molar-refractivity contribution in [3.05, 3.63) is 55.1 Å². The molecule has 0 aliphatic carbocycles. The maximum atomic E-state index is 11.1. The number of hydrogen-bond donors (Lipinski definition) is 0. The minimum Gasteiger partial charge on any atom is -0.491 e. The molecule has 5 heteroatoms. The van der Waals surface area contributed by atoms with Gasteiger partial charge in [0.05, 0.1) is 25.4 Å². The van der Waals surface area contributed by atoms with Crippen LogP contribution < -0.4 is 4.74 Å². The van der Waals surface area contributed by atoms with Gasteiger partial charge in [0.2, 0.25) is 0 Å². The maximum absolute atomic E-state index is 11.1. The molecule has 2 rings (SSSR count). The summed E-state index contributed by atoms with van der Waals surface area (Å²) in [5.74, 6) is 0.376. The Bertz CT molecular complexity index is 742. The summed E-state index contributed by atoms with van der Waals surface area (Å²) in [6.45, 7) is 10.2. The van der Waals surface area contributed by atoms with Gasteiger partial charge in [-0.15, -0.1) is 0 Å². The van der Waals surface area contributed by atoms with E-state index in [1.54, 1.807) is 6.92 Å². The van der Waals surface area contributed by atoms with Gasteiger partial charge < -0.3 is 18.9 Å². The van der Waals surface area contributed by atoms with E-state index in [9.17, 15) is 4.79 Å². The molecule has 0 spiro atoms. The summed E-state index contributed by atoms with van der Waals surface area (Å²) in [5, 5.41) is 2.34. The van der Waals surface area contributed by atoms with Gasteiger partial charge in [0.1, 0.15) is 18.5 Å². The molecule has 3 unspecified atom stereocenters. The number of carbonyl (C=O) groups is 1. The molecule has 0 N–H and O–H groups in total. The van der Waals surface area contributed by atoms with E-state index in [2.05, 4.69) is 18.7 Å². The SMILES string of the molecule is C=CC(=O)OC(C)COC(C)COC(C)COc1ccc2ccccc2c1. The molecule has 5 nitrogen and oxygen atoms in total. The Hall–Kier alpha value is -2.37. The first-order chi connectivity index (χ1) is 13.0. The van der Waals surface area contributed by atoms with Crippen LogP contribution in [0.25, 0.3) is 10.8 Å². The first-order valence-electron chi connectivity index (χ1n) is 9.15. The molecule has 2 aromatic rings. The first kappa shape index (κ1) is 20.9. The lowest BCUT2D eigenvalue weighted by Gasteiger charge is -2.20. The van der Waals surface area contributed by atoms with Crippen molar-refractivity contribution in [1.29, 1.82) is 0 Å². The summed E-state index contributed by atoms with van der Waals surface area (Å²) in [7, 11) is 0. The second kappa shape index (κ2) is 10.7. The zero-order valence-corrected chi connectivity index (χ0v) is 16.2. The fourth-order valence-corrected chi connectivity index (χ4v) is 2.45. The predicted octanol–water partition coefficient (Wildman–Crippen LogP) is 4.15. The summed E-state index contributed by atoms with van der Waals surface area (Å²) in [4.78, 5) is 11.1. The van der Waals surface area contributed by atoms with E-state index in [4.69, 9.17) is 18.9 Å². The maximum Gasteiger partial charge on any atom is 0.330 e. The van der Waals surface area contributed by atoms with Gasteiger partial charge >= 0.3 is 5.97 Å². The van der Waals surface area contributed by atoms with Gasteiger partial charge in [-0.1, -0.05) is 36.9 Å². The van der Waals surface area contributed by atoms with Crippen molar-refractivity contribution < 1.29 is 23.7 Å². The molecular weight excluding hydrogens is 344 g/mol. The topological polar surface area (TPSA) is 54.0 Å². The third-order valence-electron chi connectivity index (χ3n) is 3.92. The molecule has 0 aromatic heterocycles. The highest BCUT2D eigenvalue weighted by molar-refractivity contribution is 5.83. The molecule has 0 aliphatic rings. The van der Waals surface area contributed by atoms with E-state index < -0.39 is 5.97 Å². The van der Waals surface area contributed by atoms with Gasteiger partial charge in [-0.3, -0.25) is 0 Å². The molecule has 0 radical (unpaired) electrons. The molecule has 0 saturated heterocycles. The summed E-state index contributed by atoms with van der Waals surface area (Å²) in [6.07, 6.45) is 0.628. The van der Waals surface area contributed by atoms with E-state index >= 15 is 0 Å². The van der Waals surface area contributed by atoms with Crippen molar-refractivity contribution >= 4 is 16.7 Å². The zero-order chi connectivity index (χ0) is 19.6. The largest absolute Gasteiger partial charge is 0.491 e. The van der Waals surface area contributed by atoms with Crippen molar-refractivity contribution in [3.8, 4) is 5.75 Å². The quantitative estimate of drug-likeness (QED) is 0.438. The van der Waals surface area contributed by atoms with Crippen LogP contribution in [-0.2, 0) is 19.0 Å². The van der Waals surface area contributed by atoms with E-state index in [1.807, 2.05) is 44.2 Å². The number of rotatable bonds is 11. The molecule has 0 saturated carbocycles. The molecule has 3 atom stereocenters. The normalized spacial score (nSPS) is 14.3. The van der Waals surface area contributed by atoms with Crippen LogP contribution in [0.1, 0.15) is 20.8 Å². The summed E-state index contributed by atoms with van der Waals surface area (Å²) >= 11 is 0. The monoisotopic (exact) mass is 372 g/mol. The molecule has 0 fully saturated rings. The van der Waals surface area contributed by atoms with Crippen molar-refractivity contribution in [3.63, 3.8) is 0 Å². The summed E-state index contributed by atoms with van der Waals surface area (Å²) < 4.78 is 22.3. The summed E-state index contributed by atoms with van der Waals surface area (Å²) in [5.41, 5.74) is 0. The lowest BCUT2D eigenvalue weighted by molar-refractivity contribution is -0.147. The van der Waals surface area contributed by atoms with E-state index in [1.165, 1.54) is 5.39 Å². The molecule has 2 aromatic carbocycles. The van der Waals surface area contributed by atoms with Crippen molar-refractivity contribution in [2.45, 2.75) is 39.1 Å². The van der Waals surface area contributed by atoms with Crippen LogP contribution in [0.2, 0.25) is 0 Å². The van der Waals surface area contributed by atoms with Crippen molar-refractivity contribution in [1.82, 2.24) is 0 Å². The van der Waals surface area contributed by atoms with Crippen LogP contribution >= 0.6 is 0 Å². The average molecular weight is 372 g/mol. The predicted molar refractivity (Wildman–Crippen MR) is 106 cm³/mol. The van der Waals surface area contributed by atoms with Crippen LogP contribution in [0.3, 0.4) is 0 Å². The Kier molecular flexibility index (Phi) is 8.30. The van der Waals surface area contributed by atoms with Crippen LogP contribution in [0.15, 0.2) is 55.1 Å². The Morgan fingerprint density at radius 2 is 1.56 bits per heavy atom. The Morgan fingerprint density at radius 3 is 2.26 bits per heavy atom. The molecule has 0 aliphatic heterocycles. The second-order valence-corrected chi connectivity index (χ2v) is 6.56. The minimum absolute atomic E-state index is 0.0708. The minimum atomic E-state index is -0.450.